The second-order valence-corrected chi connectivity index (χ2v) is 11.3. The van der Waals surface area contributed by atoms with Crippen molar-refractivity contribution in [3.63, 3.8) is 0 Å². The molecule has 0 saturated carbocycles. The Hall–Kier alpha value is 1.16. The van der Waals surface area contributed by atoms with Gasteiger partial charge in [-0.2, -0.15) is 0 Å². The monoisotopic (exact) mass is 313 g/mol. The van der Waals surface area contributed by atoms with E-state index in [1.165, 1.54) is 12.5 Å². The van der Waals surface area contributed by atoms with Crippen molar-refractivity contribution < 1.29 is 24.7 Å². The smallest absolute Gasteiger partial charge is 0.147 e. The molecule has 0 saturated heterocycles. The van der Waals surface area contributed by atoms with Crippen LogP contribution in [0.5, 0.6) is 0 Å². The normalized spacial score (nSPS) is 15.2. The maximum atomic E-state index is 2.44. The molecule has 0 aromatic carbocycles. The van der Waals surface area contributed by atoms with Gasteiger partial charge in [-0.1, -0.05) is 0 Å². The Bertz CT molecular complexity index is 216. The molecule has 1 rings (SSSR count). The van der Waals surface area contributed by atoms with Gasteiger partial charge in [-0.05, 0) is 0 Å². The van der Waals surface area contributed by atoms with Crippen LogP contribution in [0.2, 0.25) is 25.7 Å². The first-order chi connectivity index (χ1) is 4.99. The number of hydrogen-bond donors (Lipinski definition) is 0. The van der Waals surface area contributed by atoms with Gasteiger partial charge >= 0.3 is 85.9 Å². The van der Waals surface area contributed by atoms with Crippen molar-refractivity contribution in [2.45, 2.75) is 32.1 Å². The minimum Gasteiger partial charge on any atom is -0.147 e. The molecule has 1 aliphatic rings. The van der Waals surface area contributed by atoms with Crippen molar-refractivity contribution in [3.8, 4) is 0 Å². The molecule has 0 aromatic rings. The van der Waals surface area contributed by atoms with E-state index in [9.17, 15) is 0 Å². The van der Waals surface area contributed by atoms with Gasteiger partial charge in [0.25, 0.3) is 0 Å². The summed E-state index contributed by atoms with van der Waals surface area (Å²) in [5.74, 6) is 0. The van der Waals surface area contributed by atoms with Crippen molar-refractivity contribution in [1.29, 1.82) is 0 Å². The first-order valence-electron chi connectivity index (χ1n) is 4.09. The van der Waals surface area contributed by atoms with E-state index >= 15 is 0 Å². The van der Waals surface area contributed by atoms with Crippen LogP contribution in [-0.4, -0.2) is 8.07 Å². The average molecular weight is 315 g/mol. The molecule has 0 aliphatic heterocycles. The predicted molar refractivity (Wildman–Crippen MR) is 63.4 cm³/mol. The third-order valence-electron chi connectivity index (χ3n) is 1.75. The van der Waals surface area contributed by atoms with Crippen LogP contribution < -0.4 is 0 Å². The quantitative estimate of drug-likeness (QED) is 0.677. The van der Waals surface area contributed by atoms with E-state index in [1.54, 1.807) is 33.6 Å². The summed E-state index contributed by atoms with van der Waals surface area (Å²) in [5, 5.41) is 0. The fourth-order valence-corrected chi connectivity index (χ4v) is 3.91. The topological polar surface area (TPSA) is 0 Å². The first-order valence-corrected chi connectivity index (χ1v) is 9.03. The molecule has 0 radical (unpaired) electrons. The van der Waals surface area contributed by atoms with Crippen LogP contribution >= 0.6 is 24.8 Å². The molecular weight excluding hydrogens is 298 g/mol. The average Bonchev–Trinajstić information content (AvgIpc) is 2.12. The molecule has 13 heavy (non-hydrogen) atoms. The standard InChI is InChI=1S/C9H15Si.2ClH.Zr/c1-10(2,3)8-9-6-4-5-7-9;;;/h4,6H,5,8H2,1-3H3;2*1H;. The SMILES string of the molecule is C[Si](C)(C)CC1=[C]([Zr])CC=C1.Cl.Cl. The summed E-state index contributed by atoms with van der Waals surface area (Å²) in [6.45, 7) is 7.32. The maximum absolute atomic E-state index is 2.44. The largest absolute Gasteiger partial charge is 0.147 e. The van der Waals surface area contributed by atoms with Gasteiger partial charge in [0.05, 0.1) is 0 Å². The van der Waals surface area contributed by atoms with Gasteiger partial charge in [0.15, 0.2) is 0 Å². The zero-order chi connectivity index (χ0) is 8.48. The van der Waals surface area contributed by atoms with Crippen LogP contribution in [0.25, 0.3) is 0 Å². The Labute approximate surface area is 110 Å². The van der Waals surface area contributed by atoms with E-state index in [4.69, 9.17) is 0 Å². The fourth-order valence-electron chi connectivity index (χ4n) is 1.29. The van der Waals surface area contributed by atoms with Gasteiger partial charge in [-0.15, -0.1) is 24.8 Å². The molecule has 0 heterocycles. The molecule has 1 aliphatic carbocycles. The van der Waals surface area contributed by atoms with Crippen LogP contribution in [0.3, 0.4) is 0 Å². The molecule has 0 N–H and O–H groups in total. The molecule has 0 spiro atoms. The summed E-state index contributed by atoms with van der Waals surface area (Å²) >= 11 is 1.62. The van der Waals surface area contributed by atoms with Crippen molar-refractivity contribution in [2.24, 2.45) is 0 Å². The van der Waals surface area contributed by atoms with Gasteiger partial charge < -0.3 is 0 Å². The summed E-state index contributed by atoms with van der Waals surface area (Å²) in [7, 11) is -0.859. The fraction of sp³-hybridized carbons (Fsp3) is 0.556. The van der Waals surface area contributed by atoms with Gasteiger partial charge in [0, 0.05) is 0 Å². The van der Waals surface area contributed by atoms with Gasteiger partial charge in [-0.3, -0.25) is 0 Å². The second-order valence-electron chi connectivity index (χ2n) is 4.35. The van der Waals surface area contributed by atoms with Gasteiger partial charge in [0.2, 0.25) is 0 Å². The number of rotatable bonds is 2. The minimum absolute atomic E-state index is 0. The summed E-state index contributed by atoms with van der Waals surface area (Å²) in [5.41, 5.74) is 1.65. The Morgan fingerprint density at radius 3 is 2.15 bits per heavy atom. The van der Waals surface area contributed by atoms with Crippen LogP contribution in [0.4, 0.5) is 0 Å². The molecule has 0 bridgehead atoms. The number of halogens is 2. The maximum Gasteiger partial charge on any atom is -0.147 e. The number of allylic oxidation sites excluding steroid dienone is 4. The van der Waals surface area contributed by atoms with E-state index in [-0.39, 0.29) is 24.8 Å². The minimum atomic E-state index is -0.859. The zero-order valence-electron chi connectivity index (χ0n) is 8.39. The third-order valence-corrected chi connectivity index (χ3v) is 4.48. The van der Waals surface area contributed by atoms with Crippen molar-refractivity contribution in [2.75, 3.05) is 0 Å². The molecule has 0 amide bonds. The molecule has 0 unspecified atom stereocenters. The zero-order valence-corrected chi connectivity index (χ0v) is 13.5. The summed E-state index contributed by atoms with van der Waals surface area (Å²) in [4.78, 5) is 0. The summed E-state index contributed by atoms with van der Waals surface area (Å²) in [6, 6.07) is 1.38. The third kappa shape index (κ3) is 6.28. The van der Waals surface area contributed by atoms with Gasteiger partial charge in [-0.25, -0.2) is 0 Å². The molecule has 0 aromatic heterocycles. The molecule has 4 heteroatoms. The van der Waals surface area contributed by atoms with E-state index in [0.717, 1.165) is 0 Å². The van der Waals surface area contributed by atoms with Gasteiger partial charge in [0.1, 0.15) is 0 Å². The summed E-state index contributed by atoms with van der Waals surface area (Å²) < 4.78 is 1.68. The van der Waals surface area contributed by atoms with E-state index in [2.05, 4.69) is 31.8 Å². The Morgan fingerprint density at radius 2 is 1.85 bits per heavy atom. The van der Waals surface area contributed by atoms with Crippen LogP contribution in [0.1, 0.15) is 6.42 Å². The molecular formula is C9H17Cl2SiZr. The molecule has 0 atom stereocenters. The summed E-state index contributed by atoms with van der Waals surface area (Å²) in [6.07, 6.45) is 5.87. The Kier molecular flexibility index (Phi) is 8.43. The first kappa shape index (κ1) is 16.6. The number of hydrogen-bond acceptors (Lipinski definition) is 0. The van der Waals surface area contributed by atoms with Crippen LogP contribution in [-0.2, 0) is 24.7 Å². The molecule has 0 nitrogen and oxygen atoms in total. The van der Waals surface area contributed by atoms with E-state index < -0.39 is 8.07 Å². The second kappa shape index (κ2) is 6.61. The van der Waals surface area contributed by atoms with Crippen LogP contribution in [0.15, 0.2) is 21.0 Å². The van der Waals surface area contributed by atoms with Crippen molar-refractivity contribution in [3.05, 3.63) is 21.0 Å². The van der Waals surface area contributed by atoms with Crippen LogP contribution in [0, 0.1) is 0 Å². The Morgan fingerprint density at radius 1 is 1.31 bits per heavy atom. The molecule has 75 valence electrons. The predicted octanol–water partition coefficient (Wildman–Crippen LogP) is 3.93. The van der Waals surface area contributed by atoms with Crippen molar-refractivity contribution >= 4 is 32.9 Å². The van der Waals surface area contributed by atoms with E-state index in [1.807, 2.05) is 0 Å². The van der Waals surface area contributed by atoms with E-state index in [0.29, 0.717) is 0 Å². The Balaban J connectivity index is 0. The molecule has 0 fully saturated rings. The van der Waals surface area contributed by atoms with Crippen molar-refractivity contribution in [1.82, 2.24) is 0 Å².